The second-order valence-electron chi connectivity index (χ2n) is 5.67. The molecule has 1 aromatic carbocycles. The quantitative estimate of drug-likeness (QED) is 0.927. The van der Waals surface area contributed by atoms with Crippen LogP contribution in [0.15, 0.2) is 42.6 Å². The average Bonchev–Trinajstić information content (AvgIpc) is 2.55. The van der Waals surface area contributed by atoms with Crippen LogP contribution in [0.4, 0.5) is 16.3 Å². The van der Waals surface area contributed by atoms with Crippen LogP contribution in [0.5, 0.6) is 0 Å². The molecule has 0 spiro atoms. The van der Waals surface area contributed by atoms with Crippen molar-refractivity contribution in [2.75, 3.05) is 30.9 Å². The van der Waals surface area contributed by atoms with Crippen molar-refractivity contribution in [1.29, 1.82) is 0 Å². The zero-order valence-electron chi connectivity index (χ0n) is 12.9. The summed E-state index contributed by atoms with van der Waals surface area (Å²) >= 11 is 0. The van der Waals surface area contributed by atoms with Crippen LogP contribution in [0.2, 0.25) is 0 Å². The highest BCUT2D eigenvalue weighted by Crippen LogP contribution is 2.19. The minimum absolute atomic E-state index is 0.0751. The third-order valence-corrected chi connectivity index (χ3v) is 3.88. The Morgan fingerprint density at radius 1 is 1.18 bits per heavy atom. The first kappa shape index (κ1) is 14.4. The van der Waals surface area contributed by atoms with Gasteiger partial charge >= 0.3 is 6.03 Å². The topological polar surface area (TPSA) is 48.5 Å². The molecule has 0 fully saturated rings. The Labute approximate surface area is 130 Å². The van der Waals surface area contributed by atoms with Gasteiger partial charge in [-0.1, -0.05) is 24.3 Å². The van der Waals surface area contributed by atoms with Crippen LogP contribution in [0.1, 0.15) is 11.1 Å². The lowest BCUT2D eigenvalue weighted by Gasteiger charge is -2.28. The molecule has 0 radical (unpaired) electrons. The molecular formula is C17H20N4O. The van der Waals surface area contributed by atoms with Gasteiger partial charge in [0.05, 0.1) is 11.9 Å². The Bertz CT molecular complexity index is 667. The molecule has 2 heterocycles. The summed E-state index contributed by atoms with van der Waals surface area (Å²) in [5.41, 5.74) is 3.28. The maximum atomic E-state index is 12.4. The molecule has 1 N–H and O–H groups in total. The number of hydrogen-bond acceptors (Lipinski definition) is 3. The van der Waals surface area contributed by atoms with Crippen molar-refractivity contribution >= 4 is 17.5 Å². The zero-order valence-corrected chi connectivity index (χ0v) is 12.9. The zero-order chi connectivity index (χ0) is 15.5. The van der Waals surface area contributed by atoms with Gasteiger partial charge in [-0.2, -0.15) is 0 Å². The molecule has 0 saturated heterocycles. The molecule has 2 aromatic rings. The van der Waals surface area contributed by atoms with E-state index in [-0.39, 0.29) is 6.03 Å². The average molecular weight is 296 g/mol. The molecule has 2 amide bonds. The lowest BCUT2D eigenvalue weighted by atomic mass is 10.0. The lowest BCUT2D eigenvalue weighted by Crippen LogP contribution is -2.38. The minimum Gasteiger partial charge on any atom is -0.363 e. The van der Waals surface area contributed by atoms with Gasteiger partial charge < -0.3 is 15.1 Å². The van der Waals surface area contributed by atoms with Crippen molar-refractivity contribution in [2.24, 2.45) is 0 Å². The number of hydrogen-bond donors (Lipinski definition) is 1. The first-order valence-corrected chi connectivity index (χ1v) is 7.39. The normalized spacial score (nSPS) is 13.5. The maximum absolute atomic E-state index is 12.4. The van der Waals surface area contributed by atoms with E-state index in [0.717, 1.165) is 24.5 Å². The summed E-state index contributed by atoms with van der Waals surface area (Å²) in [6.07, 6.45) is 2.59. The van der Waals surface area contributed by atoms with Gasteiger partial charge in [0, 0.05) is 27.2 Å². The Balaban J connectivity index is 1.65. The van der Waals surface area contributed by atoms with Gasteiger partial charge in [-0.25, -0.2) is 9.78 Å². The third kappa shape index (κ3) is 3.03. The second-order valence-corrected chi connectivity index (χ2v) is 5.67. The number of carbonyl (C=O) groups excluding carboxylic acids is 1. The van der Waals surface area contributed by atoms with Crippen LogP contribution in [0.25, 0.3) is 0 Å². The Hall–Kier alpha value is -2.56. The molecule has 1 aliphatic rings. The van der Waals surface area contributed by atoms with Crippen molar-refractivity contribution < 1.29 is 4.79 Å². The summed E-state index contributed by atoms with van der Waals surface area (Å²) in [6.45, 7) is 1.40. The SMILES string of the molecule is CN(C)c1ccc(NC(=O)N2CCc3ccccc3C2)cn1. The monoisotopic (exact) mass is 296 g/mol. The van der Waals surface area contributed by atoms with Crippen LogP contribution in [0.3, 0.4) is 0 Å². The highest BCUT2D eigenvalue weighted by Gasteiger charge is 2.20. The maximum Gasteiger partial charge on any atom is 0.322 e. The number of anilines is 2. The minimum atomic E-state index is -0.0751. The molecule has 0 aliphatic carbocycles. The fraction of sp³-hybridized carbons (Fsp3) is 0.294. The number of benzene rings is 1. The number of amides is 2. The molecule has 5 nitrogen and oxygen atoms in total. The number of nitrogens with one attached hydrogen (secondary N) is 1. The predicted octanol–water partition coefficient (Wildman–Crippen LogP) is 2.74. The standard InChI is InChI=1S/C17H20N4O/c1-20(2)16-8-7-15(11-18-16)19-17(22)21-10-9-13-5-3-4-6-14(13)12-21/h3-8,11H,9-10,12H2,1-2H3,(H,19,22). The number of urea groups is 1. The molecule has 0 unspecified atom stereocenters. The van der Waals surface area contributed by atoms with E-state index in [1.54, 1.807) is 6.20 Å². The van der Waals surface area contributed by atoms with E-state index in [0.29, 0.717) is 6.54 Å². The van der Waals surface area contributed by atoms with Crippen molar-refractivity contribution in [3.63, 3.8) is 0 Å². The van der Waals surface area contributed by atoms with E-state index >= 15 is 0 Å². The van der Waals surface area contributed by atoms with Crippen molar-refractivity contribution in [3.05, 3.63) is 53.7 Å². The predicted molar refractivity (Wildman–Crippen MR) is 88.1 cm³/mol. The van der Waals surface area contributed by atoms with E-state index in [9.17, 15) is 4.79 Å². The van der Waals surface area contributed by atoms with Crippen LogP contribution >= 0.6 is 0 Å². The van der Waals surface area contributed by atoms with Crippen molar-refractivity contribution in [1.82, 2.24) is 9.88 Å². The highest BCUT2D eigenvalue weighted by atomic mass is 16.2. The number of carbonyl (C=O) groups is 1. The van der Waals surface area contributed by atoms with Crippen LogP contribution < -0.4 is 10.2 Å². The number of pyridine rings is 1. The van der Waals surface area contributed by atoms with E-state index in [4.69, 9.17) is 0 Å². The smallest absolute Gasteiger partial charge is 0.322 e. The van der Waals surface area contributed by atoms with Gasteiger partial charge in [0.15, 0.2) is 0 Å². The molecular weight excluding hydrogens is 276 g/mol. The van der Waals surface area contributed by atoms with Crippen molar-refractivity contribution in [3.8, 4) is 0 Å². The fourth-order valence-corrected chi connectivity index (χ4v) is 2.60. The lowest BCUT2D eigenvalue weighted by molar-refractivity contribution is 0.206. The van der Waals surface area contributed by atoms with Crippen LogP contribution in [0, 0.1) is 0 Å². The highest BCUT2D eigenvalue weighted by molar-refractivity contribution is 5.89. The van der Waals surface area contributed by atoms with E-state index in [1.807, 2.05) is 48.2 Å². The molecule has 3 rings (SSSR count). The molecule has 0 atom stereocenters. The summed E-state index contributed by atoms with van der Waals surface area (Å²) in [5.74, 6) is 0.866. The van der Waals surface area contributed by atoms with E-state index < -0.39 is 0 Å². The fourth-order valence-electron chi connectivity index (χ4n) is 2.60. The van der Waals surface area contributed by atoms with E-state index in [2.05, 4.69) is 22.4 Å². The Morgan fingerprint density at radius 2 is 1.95 bits per heavy atom. The van der Waals surface area contributed by atoms with E-state index in [1.165, 1.54) is 11.1 Å². The van der Waals surface area contributed by atoms with Gasteiger partial charge in [0.1, 0.15) is 5.82 Å². The second kappa shape index (κ2) is 6.05. The molecule has 5 heteroatoms. The largest absolute Gasteiger partial charge is 0.363 e. The van der Waals surface area contributed by atoms with Gasteiger partial charge in [0.2, 0.25) is 0 Å². The molecule has 0 saturated carbocycles. The Morgan fingerprint density at radius 3 is 2.64 bits per heavy atom. The summed E-state index contributed by atoms with van der Waals surface area (Å²) in [5, 5.41) is 2.91. The molecule has 1 aromatic heterocycles. The number of rotatable bonds is 2. The number of nitrogens with zero attached hydrogens (tertiary/aromatic N) is 3. The van der Waals surface area contributed by atoms with Crippen LogP contribution in [-0.2, 0) is 13.0 Å². The summed E-state index contributed by atoms with van der Waals surface area (Å²) in [7, 11) is 3.87. The number of fused-ring (bicyclic) bond motifs is 1. The molecule has 114 valence electrons. The van der Waals surface area contributed by atoms with Gasteiger partial charge in [-0.3, -0.25) is 0 Å². The van der Waals surface area contributed by atoms with Gasteiger partial charge in [0.25, 0.3) is 0 Å². The summed E-state index contributed by atoms with van der Waals surface area (Å²) in [6, 6.07) is 12.0. The summed E-state index contributed by atoms with van der Waals surface area (Å²) in [4.78, 5) is 20.4. The molecule has 22 heavy (non-hydrogen) atoms. The number of aromatic nitrogens is 1. The van der Waals surface area contributed by atoms with Gasteiger partial charge in [-0.05, 0) is 29.7 Å². The molecule has 0 bridgehead atoms. The van der Waals surface area contributed by atoms with Crippen molar-refractivity contribution in [2.45, 2.75) is 13.0 Å². The Kier molecular flexibility index (Phi) is 3.96. The first-order chi connectivity index (χ1) is 10.6. The molecule has 1 aliphatic heterocycles. The van der Waals surface area contributed by atoms with Gasteiger partial charge in [-0.15, -0.1) is 0 Å². The third-order valence-electron chi connectivity index (χ3n) is 3.88. The first-order valence-electron chi connectivity index (χ1n) is 7.39. The van der Waals surface area contributed by atoms with Crippen LogP contribution in [-0.4, -0.2) is 36.6 Å². The summed E-state index contributed by atoms with van der Waals surface area (Å²) < 4.78 is 0.